The van der Waals surface area contributed by atoms with Gasteiger partial charge in [-0.2, -0.15) is 0 Å². The Balaban J connectivity index is 0.00000441. The lowest BCUT2D eigenvalue weighted by atomic mass is 9.94. The van der Waals surface area contributed by atoms with Gasteiger partial charge >= 0.3 is 6.36 Å². The molecule has 0 unspecified atom stereocenters. The Hall–Kier alpha value is -1.47. The normalized spacial score (nSPS) is 11.5. The zero-order valence-electron chi connectivity index (χ0n) is 12.4. The number of carbonyl (C=O) groups excluding carboxylic acids is 1. The number of halogens is 4. The van der Waals surface area contributed by atoms with Gasteiger partial charge in [-0.15, -0.1) is 25.6 Å². The van der Waals surface area contributed by atoms with Crippen LogP contribution in [0.4, 0.5) is 13.2 Å². The van der Waals surface area contributed by atoms with E-state index in [1.54, 1.807) is 0 Å². The van der Waals surface area contributed by atoms with Crippen molar-refractivity contribution in [3.8, 4) is 5.75 Å². The number of nitrogens with two attached hydrogens (primary N) is 1. The van der Waals surface area contributed by atoms with E-state index in [1.807, 2.05) is 13.8 Å². The predicted molar refractivity (Wildman–Crippen MR) is 80.2 cm³/mol. The van der Waals surface area contributed by atoms with Gasteiger partial charge in [-0.1, -0.05) is 19.9 Å². The minimum Gasteiger partial charge on any atom is -0.406 e. The van der Waals surface area contributed by atoms with E-state index >= 15 is 0 Å². The molecule has 0 aliphatic carbocycles. The van der Waals surface area contributed by atoms with Gasteiger partial charge < -0.3 is 15.8 Å². The number of hydrogen-bond donors (Lipinski definition) is 2. The van der Waals surface area contributed by atoms with Crippen molar-refractivity contribution < 1.29 is 22.7 Å². The third-order valence-electron chi connectivity index (χ3n) is 3.34. The topological polar surface area (TPSA) is 64.3 Å². The van der Waals surface area contributed by atoms with Gasteiger partial charge in [0.05, 0.1) is 0 Å². The van der Waals surface area contributed by atoms with Gasteiger partial charge in [0.2, 0.25) is 0 Å². The van der Waals surface area contributed by atoms with Crippen LogP contribution < -0.4 is 15.8 Å². The van der Waals surface area contributed by atoms with Gasteiger partial charge in [0.25, 0.3) is 5.91 Å². The van der Waals surface area contributed by atoms with Gasteiger partial charge in [-0.3, -0.25) is 4.79 Å². The highest BCUT2D eigenvalue weighted by atomic mass is 35.5. The van der Waals surface area contributed by atoms with Gasteiger partial charge in [0.15, 0.2) is 0 Å². The predicted octanol–water partition coefficient (Wildman–Crippen LogP) is 3.25. The van der Waals surface area contributed by atoms with E-state index in [0.717, 1.165) is 12.1 Å². The Bertz CT molecular complexity index is 491. The van der Waals surface area contributed by atoms with Gasteiger partial charge in [0.1, 0.15) is 5.75 Å². The van der Waals surface area contributed by atoms with E-state index < -0.39 is 23.6 Å². The lowest BCUT2D eigenvalue weighted by molar-refractivity contribution is -0.274. The molecule has 8 heteroatoms. The quantitative estimate of drug-likeness (QED) is 0.835. The summed E-state index contributed by atoms with van der Waals surface area (Å²) in [5.74, 6) is -0.917. The highest BCUT2D eigenvalue weighted by Crippen LogP contribution is 2.23. The molecule has 0 fully saturated rings. The molecule has 126 valence electrons. The van der Waals surface area contributed by atoms with Crippen molar-refractivity contribution in [1.82, 2.24) is 5.32 Å². The monoisotopic (exact) mass is 340 g/mol. The van der Waals surface area contributed by atoms with Crippen molar-refractivity contribution in [2.45, 2.75) is 38.6 Å². The van der Waals surface area contributed by atoms with Crippen LogP contribution >= 0.6 is 12.4 Å². The van der Waals surface area contributed by atoms with E-state index in [4.69, 9.17) is 5.73 Å². The van der Waals surface area contributed by atoms with E-state index in [2.05, 4.69) is 10.1 Å². The maximum Gasteiger partial charge on any atom is 0.573 e. The standard InChI is InChI=1S/C14H19F3N2O2.ClH/c1-3-13(18,4-2)9-19-12(20)10-6-5-7-11(8-10)21-14(15,16)17;/h5-8H,3-4,9,18H2,1-2H3,(H,19,20);1H. The first kappa shape index (κ1) is 20.5. The first-order chi connectivity index (χ1) is 9.69. The van der Waals surface area contributed by atoms with Crippen LogP contribution in [0.15, 0.2) is 24.3 Å². The summed E-state index contributed by atoms with van der Waals surface area (Å²) in [6.45, 7) is 4.07. The molecule has 1 amide bonds. The average molecular weight is 341 g/mol. The highest BCUT2D eigenvalue weighted by molar-refractivity contribution is 5.94. The van der Waals surface area contributed by atoms with Crippen molar-refractivity contribution in [1.29, 1.82) is 0 Å². The minimum atomic E-state index is -4.79. The molecule has 3 N–H and O–H groups in total. The average Bonchev–Trinajstić information content (AvgIpc) is 2.43. The molecule has 1 aromatic carbocycles. The van der Waals surface area contributed by atoms with Crippen LogP contribution in [0.25, 0.3) is 0 Å². The fraction of sp³-hybridized carbons (Fsp3) is 0.500. The van der Waals surface area contributed by atoms with Crippen LogP contribution in [-0.4, -0.2) is 24.4 Å². The van der Waals surface area contributed by atoms with Gasteiger partial charge in [-0.25, -0.2) is 0 Å². The second kappa shape index (κ2) is 8.24. The van der Waals surface area contributed by atoms with E-state index in [0.29, 0.717) is 12.8 Å². The fourth-order valence-electron chi connectivity index (χ4n) is 1.69. The number of amides is 1. The van der Waals surface area contributed by atoms with Crippen LogP contribution in [0, 0.1) is 0 Å². The third kappa shape index (κ3) is 6.53. The molecule has 0 heterocycles. The van der Waals surface area contributed by atoms with E-state index in [1.165, 1.54) is 12.1 Å². The van der Waals surface area contributed by atoms with Gasteiger partial charge in [0, 0.05) is 17.6 Å². The molecule has 1 aromatic rings. The third-order valence-corrected chi connectivity index (χ3v) is 3.34. The number of nitrogens with one attached hydrogen (secondary N) is 1. The molecule has 0 aromatic heterocycles. The molecule has 22 heavy (non-hydrogen) atoms. The Morgan fingerprint density at radius 2 is 1.86 bits per heavy atom. The number of carbonyl (C=O) groups is 1. The van der Waals surface area contributed by atoms with Crippen LogP contribution in [-0.2, 0) is 0 Å². The first-order valence-corrected chi connectivity index (χ1v) is 6.62. The van der Waals surface area contributed by atoms with Crippen molar-refractivity contribution in [3.63, 3.8) is 0 Å². The van der Waals surface area contributed by atoms with Crippen molar-refractivity contribution in [2.75, 3.05) is 6.54 Å². The summed E-state index contributed by atoms with van der Waals surface area (Å²) in [7, 11) is 0. The first-order valence-electron chi connectivity index (χ1n) is 6.62. The smallest absolute Gasteiger partial charge is 0.406 e. The summed E-state index contributed by atoms with van der Waals surface area (Å²) in [6, 6.07) is 4.91. The van der Waals surface area contributed by atoms with Crippen molar-refractivity contribution >= 4 is 18.3 Å². The van der Waals surface area contributed by atoms with E-state index in [-0.39, 0.29) is 24.5 Å². The minimum absolute atomic E-state index is 0. The van der Waals surface area contributed by atoms with Crippen LogP contribution in [0.1, 0.15) is 37.0 Å². The molecule has 4 nitrogen and oxygen atoms in total. The summed E-state index contributed by atoms with van der Waals surface area (Å²) < 4.78 is 40.2. The lowest BCUT2D eigenvalue weighted by Crippen LogP contribution is -2.49. The molecule has 1 rings (SSSR count). The molecule has 0 saturated carbocycles. The SMILES string of the molecule is CCC(N)(CC)CNC(=O)c1cccc(OC(F)(F)F)c1.Cl. The van der Waals surface area contributed by atoms with Crippen molar-refractivity contribution in [3.05, 3.63) is 29.8 Å². The molecule has 0 saturated heterocycles. The van der Waals surface area contributed by atoms with Gasteiger partial charge in [-0.05, 0) is 31.0 Å². The summed E-state index contributed by atoms with van der Waals surface area (Å²) in [6.07, 6.45) is -3.42. The van der Waals surface area contributed by atoms with Crippen LogP contribution in [0.5, 0.6) is 5.75 Å². The maximum absolute atomic E-state index is 12.1. The number of rotatable bonds is 6. The number of ether oxygens (including phenoxy) is 1. The van der Waals surface area contributed by atoms with Crippen molar-refractivity contribution in [2.24, 2.45) is 5.73 Å². The largest absolute Gasteiger partial charge is 0.573 e. The molecule has 0 aliphatic rings. The maximum atomic E-state index is 12.1. The summed E-state index contributed by atoms with van der Waals surface area (Å²) in [5.41, 5.74) is 5.62. The summed E-state index contributed by atoms with van der Waals surface area (Å²) >= 11 is 0. The second-order valence-electron chi connectivity index (χ2n) is 4.83. The molecular weight excluding hydrogens is 321 g/mol. The van der Waals surface area contributed by atoms with Crippen LogP contribution in [0.3, 0.4) is 0 Å². The fourth-order valence-corrected chi connectivity index (χ4v) is 1.69. The number of benzene rings is 1. The Morgan fingerprint density at radius 3 is 2.36 bits per heavy atom. The number of hydrogen-bond acceptors (Lipinski definition) is 3. The zero-order valence-corrected chi connectivity index (χ0v) is 13.2. The Kier molecular flexibility index (Phi) is 7.69. The lowest BCUT2D eigenvalue weighted by Gasteiger charge is -2.26. The Morgan fingerprint density at radius 1 is 1.27 bits per heavy atom. The molecule has 0 bridgehead atoms. The number of alkyl halides is 3. The van der Waals surface area contributed by atoms with E-state index in [9.17, 15) is 18.0 Å². The van der Waals surface area contributed by atoms with Crippen LogP contribution in [0.2, 0.25) is 0 Å². The molecule has 0 aliphatic heterocycles. The highest BCUT2D eigenvalue weighted by Gasteiger charge is 2.31. The summed E-state index contributed by atoms with van der Waals surface area (Å²) in [5, 5.41) is 2.63. The molecule has 0 spiro atoms. The molecule has 0 atom stereocenters. The molecular formula is C14H20ClF3N2O2. The second-order valence-corrected chi connectivity index (χ2v) is 4.83. The summed E-state index contributed by atoms with van der Waals surface area (Å²) in [4.78, 5) is 11.9. The molecule has 0 radical (unpaired) electrons. The Labute approximate surface area is 133 Å². The zero-order chi connectivity index (χ0) is 16.1.